The average Bonchev–Trinajstić information content (AvgIpc) is 2.60. The van der Waals surface area contributed by atoms with Gasteiger partial charge in [-0.15, -0.1) is 0 Å². The second-order valence-corrected chi connectivity index (χ2v) is 6.32. The number of nitrogen functional groups attached to an aromatic ring is 1. The van der Waals surface area contributed by atoms with E-state index in [0.717, 1.165) is 38.2 Å². The SMILES string of the molecule is CCCc1cccc(C(C)CNCCCNc2cccnc2N)c1. The molecule has 0 bridgehead atoms. The quantitative estimate of drug-likeness (QED) is 0.581. The second-order valence-electron chi connectivity index (χ2n) is 6.32. The number of aromatic nitrogens is 1. The minimum Gasteiger partial charge on any atom is -0.382 e. The van der Waals surface area contributed by atoms with Crippen LogP contribution in [0.1, 0.15) is 43.7 Å². The number of anilines is 2. The molecule has 0 amide bonds. The van der Waals surface area contributed by atoms with E-state index in [9.17, 15) is 0 Å². The lowest BCUT2D eigenvalue weighted by Crippen LogP contribution is -2.23. The van der Waals surface area contributed by atoms with Crippen molar-refractivity contribution in [3.8, 4) is 0 Å². The molecule has 0 spiro atoms. The smallest absolute Gasteiger partial charge is 0.146 e. The minimum atomic E-state index is 0.531. The van der Waals surface area contributed by atoms with Gasteiger partial charge in [0, 0.05) is 19.3 Å². The zero-order chi connectivity index (χ0) is 17.2. The highest BCUT2D eigenvalue weighted by Gasteiger charge is 2.05. The van der Waals surface area contributed by atoms with Crippen molar-refractivity contribution in [1.82, 2.24) is 10.3 Å². The maximum atomic E-state index is 5.81. The van der Waals surface area contributed by atoms with Crippen molar-refractivity contribution in [2.24, 2.45) is 0 Å². The first-order valence-electron chi connectivity index (χ1n) is 8.94. The summed E-state index contributed by atoms with van der Waals surface area (Å²) < 4.78 is 0. The van der Waals surface area contributed by atoms with Gasteiger partial charge in [0.05, 0.1) is 5.69 Å². The van der Waals surface area contributed by atoms with E-state index >= 15 is 0 Å². The molecule has 4 nitrogen and oxygen atoms in total. The highest BCUT2D eigenvalue weighted by molar-refractivity contribution is 5.60. The van der Waals surface area contributed by atoms with E-state index in [1.54, 1.807) is 6.20 Å². The summed E-state index contributed by atoms with van der Waals surface area (Å²) in [6.45, 7) is 7.40. The number of pyridine rings is 1. The standard InChI is InChI=1S/C20H30N4/c1-3-7-17-8-4-9-18(14-17)16(2)15-22-11-6-13-23-19-10-5-12-24-20(19)21/h4-5,8-10,12,14,16,22-23H,3,6-7,11,13,15H2,1-2H3,(H2,21,24). The van der Waals surface area contributed by atoms with Crippen LogP contribution in [0.3, 0.4) is 0 Å². The third-order valence-corrected chi connectivity index (χ3v) is 4.19. The van der Waals surface area contributed by atoms with Gasteiger partial charge < -0.3 is 16.4 Å². The van der Waals surface area contributed by atoms with Gasteiger partial charge in [-0.05, 0) is 48.6 Å². The van der Waals surface area contributed by atoms with Crippen LogP contribution in [0.25, 0.3) is 0 Å². The average molecular weight is 326 g/mol. The zero-order valence-corrected chi connectivity index (χ0v) is 14.9. The van der Waals surface area contributed by atoms with Crippen LogP contribution in [0.4, 0.5) is 11.5 Å². The molecule has 0 aliphatic carbocycles. The highest BCUT2D eigenvalue weighted by Crippen LogP contribution is 2.17. The zero-order valence-electron chi connectivity index (χ0n) is 14.9. The maximum Gasteiger partial charge on any atom is 0.146 e. The van der Waals surface area contributed by atoms with Crippen LogP contribution >= 0.6 is 0 Å². The summed E-state index contributed by atoms with van der Waals surface area (Å²) in [4.78, 5) is 4.07. The molecule has 1 aromatic heterocycles. The number of rotatable bonds is 10. The molecule has 0 aliphatic rings. The Morgan fingerprint density at radius 2 is 2.04 bits per heavy atom. The second kappa shape index (κ2) is 9.93. The topological polar surface area (TPSA) is 63.0 Å². The van der Waals surface area contributed by atoms with Crippen molar-refractivity contribution in [3.05, 3.63) is 53.7 Å². The van der Waals surface area contributed by atoms with Gasteiger partial charge in [-0.25, -0.2) is 4.98 Å². The molecular weight excluding hydrogens is 296 g/mol. The Hall–Kier alpha value is -2.07. The Bertz CT molecular complexity index is 612. The number of hydrogen-bond acceptors (Lipinski definition) is 4. The molecule has 24 heavy (non-hydrogen) atoms. The Kier molecular flexibility index (Phi) is 7.56. The van der Waals surface area contributed by atoms with Crippen LogP contribution in [-0.4, -0.2) is 24.6 Å². The Labute approximate surface area is 145 Å². The number of nitrogens with zero attached hydrogens (tertiary/aromatic N) is 1. The lowest BCUT2D eigenvalue weighted by molar-refractivity contribution is 0.603. The van der Waals surface area contributed by atoms with Crippen LogP contribution in [0.5, 0.6) is 0 Å². The summed E-state index contributed by atoms with van der Waals surface area (Å²) in [5.74, 6) is 1.09. The van der Waals surface area contributed by atoms with Crippen molar-refractivity contribution < 1.29 is 0 Å². The molecule has 1 unspecified atom stereocenters. The van der Waals surface area contributed by atoms with E-state index in [4.69, 9.17) is 5.73 Å². The number of nitrogens with one attached hydrogen (secondary N) is 2. The summed E-state index contributed by atoms with van der Waals surface area (Å²) >= 11 is 0. The first kappa shape index (κ1) is 18.3. The fourth-order valence-electron chi connectivity index (χ4n) is 2.78. The maximum absolute atomic E-state index is 5.81. The van der Waals surface area contributed by atoms with E-state index in [1.165, 1.54) is 17.5 Å². The molecule has 130 valence electrons. The van der Waals surface area contributed by atoms with Crippen molar-refractivity contribution >= 4 is 11.5 Å². The predicted molar refractivity (Wildman–Crippen MR) is 103 cm³/mol. The molecule has 1 heterocycles. The largest absolute Gasteiger partial charge is 0.382 e. The van der Waals surface area contributed by atoms with Crippen LogP contribution in [-0.2, 0) is 6.42 Å². The minimum absolute atomic E-state index is 0.531. The molecule has 1 atom stereocenters. The molecular formula is C20H30N4. The van der Waals surface area contributed by atoms with Gasteiger partial charge in [0.15, 0.2) is 0 Å². The first-order valence-corrected chi connectivity index (χ1v) is 8.94. The Balaban J connectivity index is 1.65. The number of benzene rings is 1. The van der Waals surface area contributed by atoms with E-state index in [2.05, 4.69) is 53.7 Å². The van der Waals surface area contributed by atoms with Crippen LogP contribution in [0.2, 0.25) is 0 Å². The molecule has 1 aromatic carbocycles. The predicted octanol–water partition coefficient (Wildman–Crippen LogP) is 3.81. The van der Waals surface area contributed by atoms with E-state index in [-0.39, 0.29) is 0 Å². The highest BCUT2D eigenvalue weighted by atomic mass is 15.0. The number of nitrogens with two attached hydrogens (primary N) is 1. The van der Waals surface area contributed by atoms with Gasteiger partial charge in [-0.3, -0.25) is 0 Å². The van der Waals surface area contributed by atoms with Gasteiger partial charge in [0.25, 0.3) is 0 Å². The summed E-state index contributed by atoms with van der Waals surface area (Å²) in [6.07, 6.45) is 5.12. The molecule has 4 N–H and O–H groups in total. The molecule has 2 aromatic rings. The number of aryl methyl sites for hydroxylation is 1. The fraction of sp³-hybridized carbons (Fsp3) is 0.450. The Morgan fingerprint density at radius 3 is 2.83 bits per heavy atom. The van der Waals surface area contributed by atoms with Crippen LogP contribution in [0, 0.1) is 0 Å². The summed E-state index contributed by atoms with van der Waals surface area (Å²) in [7, 11) is 0. The number of hydrogen-bond donors (Lipinski definition) is 3. The van der Waals surface area contributed by atoms with Crippen molar-refractivity contribution in [3.63, 3.8) is 0 Å². The summed E-state index contributed by atoms with van der Waals surface area (Å²) in [6, 6.07) is 12.8. The molecule has 0 fully saturated rings. The molecule has 2 rings (SSSR count). The van der Waals surface area contributed by atoms with E-state index in [1.807, 2.05) is 12.1 Å². The van der Waals surface area contributed by atoms with Gasteiger partial charge in [0.2, 0.25) is 0 Å². The molecule has 4 heteroatoms. The van der Waals surface area contributed by atoms with Gasteiger partial charge in [-0.2, -0.15) is 0 Å². The fourth-order valence-corrected chi connectivity index (χ4v) is 2.78. The van der Waals surface area contributed by atoms with E-state index < -0.39 is 0 Å². The van der Waals surface area contributed by atoms with E-state index in [0.29, 0.717) is 11.7 Å². The van der Waals surface area contributed by atoms with Crippen LogP contribution in [0.15, 0.2) is 42.6 Å². The normalized spacial score (nSPS) is 12.1. The van der Waals surface area contributed by atoms with Crippen molar-refractivity contribution in [2.45, 2.75) is 39.0 Å². The van der Waals surface area contributed by atoms with Gasteiger partial charge >= 0.3 is 0 Å². The lowest BCUT2D eigenvalue weighted by Gasteiger charge is -2.14. The van der Waals surface area contributed by atoms with Gasteiger partial charge in [-0.1, -0.05) is 44.5 Å². The monoisotopic (exact) mass is 326 g/mol. The van der Waals surface area contributed by atoms with Crippen LogP contribution < -0.4 is 16.4 Å². The summed E-state index contributed by atoms with van der Waals surface area (Å²) in [5.41, 5.74) is 9.60. The molecule has 0 saturated heterocycles. The molecule has 0 aliphatic heterocycles. The lowest BCUT2D eigenvalue weighted by atomic mass is 9.97. The molecule has 0 radical (unpaired) electrons. The Morgan fingerprint density at radius 1 is 1.17 bits per heavy atom. The summed E-state index contributed by atoms with van der Waals surface area (Å²) in [5, 5.41) is 6.88. The van der Waals surface area contributed by atoms with Crippen molar-refractivity contribution in [2.75, 3.05) is 30.7 Å². The molecule has 0 saturated carbocycles. The first-order chi connectivity index (χ1) is 11.7. The van der Waals surface area contributed by atoms with Crippen molar-refractivity contribution in [1.29, 1.82) is 0 Å². The third-order valence-electron chi connectivity index (χ3n) is 4.19. The third kappa shape index (κ3) is 5.85. The van der Waals surface area contributed by atoms with Gasteiger partial charge in [0.1, 0.15) is 5.82 Å².